The molecule has 0 amide bonds. The molecule has 0 atom stereocenters. The Labute approximate surface area is 199 Å². The first-order valence-corrected chi connectivity index (χ1v) is 13.4. The lowest BCUT2D eigenvalue weighted by molar-refractivity contribution is -0.0350. The number of benzene rings is 1. The Hall–Kier alpha value is -2.24. The molecule has 0 spiro atoms. The Balaban J connectivity index is 1.20. The van der Waals surface area contributed by atoms with Crippen molar-refractivity contribution in [2.24, 2.45) is 23.2 Å². The van der Waals surface area contributed by atoms with Crippen LogP contribution in [0.2, 0.25) is 0 Å². The van der Waals surface area contributed by atoms with Crippen molar-refractivity contribution in [1.29, 1.82) is 0 Å². The molecule has 33 heavy (non-hydrogen) atoms. The molecule has 1 aliphatic heterocycles. The summed E-state index contributed by atoms with van der Waals surface area (Å²) in [4.78, 5) is 23.2. The zero-order valence-electron chi connectivity index (χ0n) is 19.1. The van der Waals surface area contributed by atoms with E-state index in [4.69, 9.17) is 10.7 Å². The van der Waals surface area contributed by atoms with E-state index in [-0.39, 0.29) is 5.41 Å². The second-order valence-corrected chi connectivity index (χ2v) is 12.3. The summed E-state index contributed by atoms with van der Waals surface area (Å²) in [6, 6.07) is 12.9. The van der Waals surface area contributed by atoms with E-state index in [1.54, 1.807) is 11.3 Å². The van der Waals surface area contributed by atoms with Crippen molar-refractivity contribution in [3.8, 4) is 0 Å². The van der Waals surface area contributed by atoms with Crippen LogP contribution in [-0.2, 0) is 19.5 Å². The number of hydrogen-bond donors (Lipinski definition) is 1. The third-order valence-electron chi connectivity index (χ3n) is 8.92. The maximum Gasteiger partial charge on any atom is 0.181 e. The molecule has 8 rings (SSSR count). The molecule has 3 heterocycles. The van der Waals surface area contributed by atoms with Gasteiger partial charge in [-0.15, -0.1) is 11.3 Å². The second kappa shape index (κ2) is 7.38. The molecule has 1 aromatic carbocycles. The molecule has 170 valence electrons. The Morgan fingerprint density at radius 2 is 1.79 bits per heavy atom. The van der Waals surface area contributed by atoms with E-state index in [1.807, 2.05) is 0 Å². The van der Waals surface area contributed by atoms with Crippen LogP contribution in [0.25, 0.3) is 10.2 Å². The van der Waals surface area contributed by atoms with Crippen LogP contribution in [0.1, 0.15) is 65.0 Å². The lowest BCUT2D eigenvalue weighted by Crippen LogP contribution is -2.49. The Kier molecular flexibility index (Phi) is 4.51. The summed E-state index contributed by atoms with van der Waals surface area (Å²) in [5, 5.41) is 0.994. The van der Waals surface area contributed by atoms with Gasteiger partial charge < -0.3 is 5.73 Å². The van der Waals surface area contributed by atoms with Crippen LogP contribution in [0.3, 0.4) is 0 Å². The molecule has 4 aliphatic carbocycles. The normalized spacial score (nSPS) is 30.6. The fourth-order valence-electron chi connectivity index (χ4n) is 7.83. The van der Waals surface area contributed by atoms with Gasteiger partial charge in [-0.2, -0.15) is 0 Å². The molecule has 5 heteroatoms. The average molecular weight is 458 g/mol. The summed E-state index contributed by atoms with van der Waals surface area (Å²) < 4.78 is 0. The number of nitrogen functional groups attached to an aromatic ring is 1. The fourth-order valence-corrected chi connectivity index (χ4v) is 8.99. The smallest absolute Gasteiger partial charge is 0.181 e. The number of fused-ring (bicyclic) bond motifs is 2. The Morgan fingerprint density at radius 3 is 2.48 bits per heavy atom. The van der Waals surface area contributed by atoms with E-state index < -0.39 is 0 Å². The SMILES string of the molecule is Nc1c(C(=O)C23CC4CC(CC(C4)C2)C3)sc2nc3c(cc12)CN(Cc1ccccc1)CC3. The highest BCUT2D eigenvalue weighted by Gasteiger charge is 2.55. The lowest BCUT2D eigenvalue weighted by atomic mass is 9.48. The molecule has 0 unspecified atom stereocenters. The van der Waals surface area contributed by atoms with Gasteiger partial charge in [-0.1, -0.05) is 30.3 Å². The summed E-state index contributed by atoms with van der Waals surface area (Å²) >= 11 is 1.56. The van der Waals surface area contributed by atoms with Gasteiger partial charge in [0.05, 0.1) is 10.6 Å². The third kappa shape index (κ3) is 3.27. The van der Waals surface area contributed by atoms with Crippen LogP contribution in [0.5, 0.6) is 0 Å². The highest BCUT2D eigenvalue weighted by atomic mass is 32.1. The quantitative estimate of drug-likeness (QED) is 0.500. The van der Waals surface area contributed by atoms with Crippen molar-refractivity contribution in [3.63, 3.8) is 0 Å². The summed E-state index contributed by atoms with van der Waals surface area (Å²) in [6.07, 6.45) is 8.26. The number of hydrogen-bond acceptors (Lipinski definition) is 5. The van der Waals surface area contributed by atoms with E-state index in [0.29, 0.717) is 11.5 Å². The molecule has 2 aromatic heterocycles. The van der Waals surface area contributed by atoms with Gasteiger partial charge in [0.1, 0.15) is 4.83 Å². The molecule has 0 radical (unpaired) electrons. The first-order valence-electron chi connectivity index (χ1n) is 12.6. The zero-order valence-corrected chi connectivity index (χ0v) is 19.9. The number of thiophene rings is 1. The number of carbonyl (C=O) groups is 1. The van der Waals surface area contributed by atoms with E-state index in [1.165, 1.54) is 36.1 Å². The third-order valence-corrected chi connectivity index (χ3v) is 10.0. The topological polar surface area (TPSA) is 59.2 Å². The number of nitrogens with zero attached hydrogens (tertiary/aromatic N) is 2. The number of anilines is 1. The standard InChI is InChI=1S/C28H31N3OS/c29-24-22-11-21-16-31(15-17-4-2-1-3-5-17)7-6-23(21)30-27(22)33-25(24)26(32)28-12-18-8-19(13-28)10-20(9-18)14-28/h1-5,11,18-20H,6-10,12-16,29H2. The molecule has 4 saturated carbocycles. The van der Waals surface area contributed by atoms with E-state index in [2.05, 4.69) is 41.3 Å². The minimum atomic E-state index is -0.143. The number of aromatic nitrogens is 1. The molecule has 0 saturated heterocycles. The second-order valence-electron chi connectivity index (χ2n) is 11.3. The number of pyridine rings is 1. The molecule has 4 bridgehead atoms. The monoisotopic (exact) mass is 457 g/mol. The van der Waals surface area contributed by atoms with Crippen LogP contribution in [-0.4, -0.2) is 22.2 Å². The van der Waals surface area contributed by atoms with Gasteiger partial charge in [-0.25, -0.2) is 4.98 Å². The molecule has 2 N–H and O–H groups in total. The Morgan fingerprint density at radius 1 is 1.09 bits per heavy atom. The van der Waals surface area contributed by atoms with E-state index in [0.717, 1.165) is 78.2 Å². The molecule has 4 nitrogen and oxygen atoms in total. The maximum absolute atomic E-state index is 14.0. The van der Waals surface area contributed by atoms with E-state index in [9.17, 15) is 4.79 Å². The van der Waals surface area contributed by atoms with Crippen molar-refractivity contribution < 1.29 is 4.79 Å². The molecule has 3 aromatic rings. The van der Waals surface area contributed by atoms with Gasteiger partial charge >= 0.3 is 0 Å². The van der Waals surface area contributed by atoms with Crippen LogP contribution < -0.4 is 5.73 Å². The number of ketones is 1. The molecule has 4 fully saturated rings. The van der Waals surface area contributed by atoms with Crippen molar-refractivity contribution >= 4 is 33.0 Å². The minimum Gasteiger partial charge on any atom is -0.397 e. The predicted molar refractivity (Wildman–Crippen MR) is 133 cm³/mol. The van der Waals surface area contributed by atoms with Gasteiger partial charge in [0.15, 0.2) is 5.78 Å². The highest BCUT2D eigenvalue weighted by Crippen LogP contribution is 2.61. The highest BCUT2D eigenvalue weighted by molar-refractivity contribution is 7.21. The first kappa shape index (κ1) is 20.2. The van der Waals surface area contributed by atoms with Crippen molar-refractivity contribution in [3.05, 3.63) is 58.1 Å². The van der Waals surface area contributed by atoms with Gasteiger partial charge in [0, 0.05) is 42.6 Å². The van der Waals surface area contributed by atoms with Crippen molar-refractivity contribution in [2.75, 3.05) is 12.3 Å². The van der Waals surface area contributed by atoms with Gasteiger partial charge in [0.2, 0.25) is 0 Å². The van der Waals surface area contributed by atoms with Gasteiger partial charge in [-0.3, -0.25) is 9.69 Å². The zero-order chi connectivity index (χ0) is 22.2. The maximum atomic E-state index is 14.0. The minimum absolute atomic E-state index is 0.143. The fraction of sp³-hybridized carbons (Fsp3) is 0.500. The molecule has 5 aliphatic rings. The van der Waals surface area contributed by atoms with Gasteiger partial charge in [0.25, 0.3) is 0 Å². The van der Waals surface area contributed by atoms with Crippen LogP contribution >= 0.6 is 11.3 Å². The number of carbonyl (C=O) groups excluding carboxylic acids is 1. The van der Waals surface area contributed by atoms with Gasteiger partial charge in [-0.05, 0) is 73.5 Å². The lowest BCUT2D eigenvalue weighted by Gasteiger charge is -2.55. The number of rotatable bonds is 4. The summed E-state index contributed by atoms with van der Waals surface area (Å²) in [6.45, 7) is 2.86. The Bertz CT molecular complexity index is 1210. The van der Waals surface area contributed by atoms with Crippen LogP contribution in [0.4, 0.5) is 5.69 Å². The summed E-state index contributed by atoms with van der Waals surface area (Å²) in [5.41, 5.74) is 11.0. The summed E-state index contributed by atoms with van der Waals surface area (Å²) in [5.74, 6) is 2.62. The number of Topliss-reactive ketones (excluding diaryl/α,β-unsaturated/α-hetero) is 1. The van der Waals surface area contributed by atoms with Crippen LogP contribution in [0.15, 0.2) is 36.4 Å². The predicted octanol–water partition coefficient (Wildman–Crippen LogP) is 5.84. The average Bonchev–Trinajstić information content (AvgIpc) is 3.12. The van der Waals surface area contributed by atoms with E-state index >= 15 is 0 Å². The van der Waals surface area contributed by atoms with Crippen molar-refractivity contribution in [2.45, 2.75) is 58.0 Å². The van der Waals surface area contributed by atoms with Crippen molar-refractivity contribution in [1.82, 2.24) is 9.88 Å². The van der Waals surface area contributed by atoms with Crippen LogP contribution in [0, 0.1) is 23.2 Å². The molecular weight excluding hydrogens is 426 g/mol. The molecular formula is C28H31N3OS. The first-order chi connectivity index (χ1) is 16.1. The summed E-state index contributed by atoms with van der Waals surface area (Å²) in [7, 11) is 0. The number of nitrogens with two attached hydrogens (primary N) is 1. The largest absolute Gasteiger partial charge is 0.397 e.